The number of nitrogens with one attached hydrogen (secondary N) is 1. The molecule has 1 aromatic carbocycles. The largest absolute Gasteiger partial charge is 0.429 e. The second kappa shape index (κ2) is 3.90. The van der Waals surface area contributed by atoms with E-state index < -0.39 is 0 Å². The first-order valence-corrected chi connectivity index (χ1v) is 5.04. The van der Waals surface area contributed by atoms with Crippen LogP contribution in [-0.4, -0.2) is 19.1 Å². The highest BCUT2D eigenvalue weighted by molar-refractivity contribution is 7.71. The Morgan fingerprint density at radius 3 is 2.33 bits per heavy atom. The molecule has 0 radical (unpaired) electrons. The van der Waals surface area contributed by atoms with Crippen LogP contribution in [0.15, 0.2) is 34.9 Å². The average Bonchev–Trinajstić information content (AvgIpc) is 2.65. The van der Waals surface area contributed by atoms with Crippen LogP contribution < -0.4 is 4.90 Å². The third-order valence-electron chi connectivity index (χ3n) is 2.19. The molecule has 0 amide bonds. The first kappa shape index (κ1) is 9.98. The SMILES string of the molecule is CN(C)c1ccc(-c2c[nH]c(=S)o2)cc1. The van der Waals surface area contributed by atoms with Gasteiger partial charge >= 0.3 is 0 Å². The normalized spacial score (nSPS) is 10.3. The van der Waals surface area contributed by atoms with Gasteiger partial charge in [0, 0.05) is 31.5 Å². The van der Waals surface area contributed by atoms with Crippen molar-refractivity contribution in [1.82, 2.24) is 4.98 Å². The van der Waals surface area contributed by atoms with E-state index in [-0.39, 0.29) is 0 Å². The number of anilines is 1. The van der Waals surface area contributed by atoms with Gasteiger partial charge in [0.15, 0.2) is 5.76 Å². The maximum absolute atomic E-state index is 5.32. The Hall–Kier alpha value is -1.55. The molecule has 78 valence electrons. The lowest BCUT2D eigenvalue weighted by molar-refractivity contribution is 0.554. The molecular formula is C11H12N2OS. The van der Waals surface area contributed by atoms with Gasteiger partial charge in [-0.1, -0.05) is 0 Å². The molecule has 2 rings (SSSR count). The van der Waals surface area contributed by atoms with E-state index in [1.807, 2.05) is 38.4 Å². The van der Waals surface area contributed by atoms with Gasteiger partial charge in [0.05, 0.1) is 0 Å². The Kier molecular flexibility index (Phi) is 2.60. The number of aromatic nitrogens is 1. The lowest BCUT2D eigenvalue weighted by atomic mass is 10.1. The van der Waals surface area contributed by atoms with E-state index in [1.54, 1.807) is 6.20 Å². The Balaban J connectivity index is 2.35. The number of rotatable bonds is 2. The van der Waals surface area contributed by atoms with E-state index in [0.717, 1.165) is 17.0 Å². The molecule has 1 heterocycles. The molecule has 1 aromatic heterocycles. The second-order valence-electron chi connectivity index (χ2n) is 3.48. The molecule has 3 nitrogen and oxygen atoms in total. The van der Waals surface area contributed by atoms with Crippen molar-refractivity contribution in [2.24, 2.45) is 0 Å². The summed E-state index contributed by atoms with van der Waals surface area (Å²) in [6, 6.07) is 8.11. The van der Waals surface area contributed by atoms with Crippen LogP contribution in [0.3, 0.4) is 0 Å². The molecule has 0 aliphatic carbocycles. The van der Waals surface area contributed by atoms with E-state index in [9.17, 15) is 0 Å². The fourth-order valence-corrected chi connectivity index (χ4v) is 1.50. The summed E-state index contributed by atoms with van der Waals surface area (Å²) >= 11 is 4.87. The molecule has 0 aliphatic rings. The number of aromatic amines is 1. The van der Waals surface area contributed by atoms with Crippen LogP contribution in [0.1, 0.15) is 0 Å². The van der Waals surface area contributed by atoms with Gasteiger partial charge in [0.1, 0.15) is 0 Å². The number of hydrogen-bond acceptors (Lipinski definition) is 3. The highest BCUT2D eigenvalue weighted by Gasteiger charge is 2.02. The third-order valence-corrected chi connectivity index (χ3v) is 2.39. The van der Waals surface area contributed by atoms with Crippen molar-refractivity contribution in [3.63, 3.8) is 0 Å². The van der Waals surface area contributed by atoms with E-state index in [4.69, 9.17) is 16.6 Å². The maximum Gasteiger partial charge on any atom is 0.266 e. The van der Waals surface area contributed by atoms with Gasteiger partial charge in [-0.25, -0.2) is 0 Å². The van der Waals surface area contributed by atoms with E-state index in [1.165, 1.54) is 0 Å². The molecule has 0 spiro atoms. The minimum absolute atomic E-state index is 0.404. The summed E-state index contributed by atoms with van der Waals surface area (Å²) in [6.07, 6.45) is 1.77. The molecule has 0 saturated carbocycles. The van der Waals surface area contributed by atoms with Crippen LogP contribution in [0, 0.1) is 4.84 Å². The van der Waals surface area contributed by atoms with E-state index in [2.05, 4.69) is 9.88 Å². The molecule has 2 aromatic rings. The molecule has 0 saturated heterocycles. The zero-order valence-electron chi connectivity index (χ0n) is 8.65. The molecule has 0 bridgehead atoms. The summed E-state index contributed by atoms with van der Waals surface area (Å²) in [6.45, 7) is 0. The monoisotopic (exact) mass is 220 g/mol. The number of nitrogens with zero attached hydrogens (tertiary/aromatic N) is 1. The van der Waals surface area contributed by atoms with Crippen LogP contribution in [0.4, 0.5) is 5.69 Å². The number of H-pyrrole nitrogens is 1. The Morgan fingerprint density at radius 1 is 1.20 bits per heavy atom. The van der Waals surface area contributed by atoms with Crippen molar-refractivity contribution in [2.75, 3.05) is 19.0 Å². The Labute approximate surface area is 93.4 Å². The molecule has 0 unspecified atom stereocenters. The first-order chi connectivity index (χ1) is 7.16. The number of hydrogen-bond donors (Lipinski definition) is 1. The number of oxazole rings is 1. The van der Waals surface area contributed by atoms with Crippen LogP contribution in [0.2, 0.25) is 0 Å². The van der Waals surface area contributed by atoms with Crippen molar-refractivity contribution in [1.29, 1.82) is 0 Å². The van der Waals surface area contributed by atoms with Crippen molar-refractivity contribution in [2.45, 2.75) is 0 Å². The topological polar surface area (TPSA) is 32.2 Å². The summed E-state index contributed by atoms with van der Waals surface area (Å²) in [5.74, 6) is 0.769. The predicted molar refractivity (Wildman–Crippen MR) is 63.7 cm³/mol. The van der Waals surface area contributed by atoms with Crippen molar-refractivity contribution < 1.29 is 4.42 Å². The fraction of sp³-hybridized carbons (Fsp3) is 0.182. The minimum Gasteiger partial charge on any atom is -0.429 e. The standard InChI is InChI=1S/C11H12N2OS/c1-13(2)9-5-3-8(4-6-9)10-7-12-11(15)14-10/h3-7H,1-2H3,(H,12,15). The highest BCUT2D eigenvalue weighted by Crippen LogP contribution is 2.22. The summed E-state index contributed by atoms with van der Waals surface area (Å²) in [5, 5.41) is 0. The van der Waals surface area contributed by atoms with Crippen molar-refractivity contribution >= 4 is 17.9 Å². The van der Waals surface area contributed by atoms with Gasteiger partial charge in [0.2, 0.25) is 0 Å². The fourth-order valence-electron chi connectivity index (χ4n) is 1.35. The lowest BCUT2D eigenvalue weighted by Gasteiger charge is -2.11. The molecule has 4 heteroatoms. The van der Waals surface area contributed by atoms with Gasteiger partial charge in [-0.15, -0.1) is 0 Å². The zero-order valence-corrected chi connectivity index (χ0v) is 9.47. The van der Waals surface area contributed by atoms with Gasteiger partial charge in [-0.2, -0.15) is 0 Å². The lowest BCUT2D eigenvalue weighted by Crippen LogP contribution is -2.07. The molecule has 0 atom stereocenters. The Bertz CT molecular complexity index is 496. The van der Waals surface area contributed by atoms with Gasteiger partial charge in [0.25, 0.3) is 4.84 Å². The van der Waals surface area contributed by atoms with Crippen molar-refractivity contribution in [3.8, 4) is 11.3 Å². The first-order valence-electron chi connectivity index (χ1n) is 4.63. The molecule has 0 fully saturated rings. The maximum atomic E-state index is 5.32. The molecule has 1 N–H and O–H groups in total. The second-order valence-corrected chi connectivity index (χ2v) is 3.85. The number of benzene rings is 1. The van der Waals surface area contributed by atoms with Gasteiger partial charge in [-0.05, 0) is 36.5 Å². The summed E-state index contributed by atoms with van der Waals surface area (Å²) in [7, 11) is 4.02. The smallest absolute Gasteiger partial charge is 0.266 e. The summed E-state index contributed by atoms with van der Waals surface area (Å²) < 4.78 is 5.32. The van der Waals surface area contributed by atoms with E-state index in [0.29, 0.717) is 4.84 Å². The highest BCUT2D eigenvalue weighted by atomic mass is 32.1. The summed E-state index contributed by atoms with van der Waals surface area (Å²) in [4.78, 5) is 5.30. The zero-order chi connectivity index (χ0) is 10.8. The van der Waals surface area contributed by atoms with Crippen LogP contribution in [-0.2, 0) is 0 Å². The van der Waals surface area contributed by atoms with Gasteiger partial charge in [-0.3, -0.25) is 0 Å². The van der Waals surface area contributed by atoms with Crippen LogP contribution in [0.25, 0.3) is 11.3 Å². The van der Waals surface area contributed by atoms with Crippen LogP contribution >= 0.6 is 12.2 Å². The van der Waals surface area contributed by atoms with Crippen molar-refractivity contribution in [3.05, 3.63) is 35.3 Å². The van der Waals surface area contributed by atoms with E-state index >= 15 is 0 Å². The van der Waals surface area contributed by atoms with Crippen LogP contribution in [0.5, 0.6) is 0 Å². The molecule has 0 aliphatic heterocycles. The third kappa shape index (κ3) is 2.10. The average molecular weight is 220 g/mol. The predicted octanol–water partition coefficient (Wildman–Crippen LogP) is 3.07. The quantitative estimate of drug-likeness (QED) is 0.789. The minimum atomic E-state index is 0.404. The molecular weight excluding hydrogens is 208 g/mol. The summed E-state index contributed by atoms with van der Waals surface area (Å²) in [5.41, 5.74) is 2.18. The molecule has 15 heavy (non-hydrogen) atoms. The van der Waals surface area contributed by atoms with Gasteiger partial charge < -0.3 is 14.3 Å². The Morgan fingerprint density at radius 2 is 1.87 bits per heavy atom.